The van der Waals surface area contributed by atoms with E-state index in [0.29, 0.717) is 0 Å². The van der Waals surface area contributed by atoms with Crippen molar-refractivity contribution in [3.63, 3.8) is 0 Å². The first-order valence-electron chi connectivity index (χ1n) is 10.3. The van der Waals surface area contributed by atoms with Crippen LogP contribution in [0, 0.1) is 0 Å². The molecule has 6 aromatic rings. The Balaban J connectivity index is 1.44. The predicted molar refractivity (Wildman–Crippen MR) is 131 cm³/mol. The molecule has 0 amide bonds. The van der Waals surface area contributed by atoms with Crippen molar-refractivity contribution < 1.29 is 0 Å². The zero-order chi connectivity index (χ0) is 20.6. The fraction of sp³-hybridized carbons (Fsp3) is 0. The molecule has 0 N–H and O–H groups in total. The molecule has 6 rings (SSSR count). The molecule has 0 unspecified atom stereocenters. The van der Waals surface area contributed by atoms with Gasteiger partial charge in [0.1, 0.15) is 0 Å². The van der Waals surface area contributed by atoms with Crippen LogP contribution in [0.25, 0.3) is 53.9 Å². The Morgan fingerprint density at radius 2 is 1.26 bits per heavy atom. The molecule has 31 heavy (non-hydrogen) atoms. The summed E-state index contributed by atoms with van der Waals surface area (Å²) >= 11 is 1.82. The third-order valence-corrected chi connectivity index (χ3v) is 6.72. The average molecular weight is 415 g/mol. The predicted octanol–water partition coefficient (Wildman–Crippen LogP) is 7.85. The van der Waals surface area contributed by atoms with Crippen LogP contribution in [0.5, 0.6) is 0 Å². The zero-order valence-corrected chi connectivity index (χ0v) is 17.5. The Kier molecular flexibility index (Phi) is 4.33. The minimum absolute atomic E-state index is 0.763. The van der Waals surface area contributed by atoms with E-state index in [1.807, 2.05) is 29.7 Å². The van der Waals surface area contributed by atoms with Crippen LogP contribution in [0.3, 0.4) is 0 Å². The van der Waals surface area contributed by atoms with E-state index in [0.717, 1.165) is 22.6 Å². The van der Waals surface area contributed by atoms with Gasteiger partial charge in [-0.25, -0.2) is 9.97 Å². The molecule has 0 bridgehead atoms. The SMILES string of the molecule is c1ccc(-c2ccc(-c3ccnc(-c4cccc5sc6ccccc6c45)n3)cc2)cc1. The molecule has 146 valence electrons. The molecule has 0 saturated heterocycles. The van der Waals surface area contributed by atoms with Crippen molar-refractivity contribution in [2.24, 2.45) is 0 Å². The number of nitrogens with zero attached hydrogens (tertiary/aromatic N) is 2. The maximum atomic E-state index is 4.95. The van der Waals surface area contributed by atoms with Gasteiger partial charge in [-0.1, -0.05) is 84.9 Å². The molecule has 0 fully saturated rings. The van der Waals surface area contributed by atoms with Gasteiger partial charge in [-0.15, -0.1) is 11.3 Å². The maximum absolute atomic E-state index is 4.95. The summed E-state index contributed by atoms with van der Waals surface area (Å²) in [6, 6.07) is 35.9. The van der Waals surface area contributed by atoms with E-state index in [1.165, 1.54) is 31.3 Å². The largest absolute Gasteiger partial charge is 0.237 e. The molecule has 0 spiro atoms. The Morgan fingerprint density at radius 1 is 0.548 bits per heavy atom. The Hall–Kier alpha value is -3.82. The summed E-state index contributed by atoms with van der Waals surface area (Å²) in [6.45, 7) is 0. The van der Waals surface area contributed by atoms with Crippen molar-refractivity contribution in [3.8, 4) is 33.8 Å². The second-order valence-electron chi connectivity index (χ2n) is 7.49. The van der Waals surface area contributed by atoms with Crippen molar-refractivity contribution in [2.75, 3.05) is 0 Å². The topological polar surface area (TPSA) is 25.8 Å². The van der Waals surface area contributed by atoms with Crippen LogP contribution in [-0.2, 0) is 0 Å². The van der Waals surface area contributed by atoms with Crippen LogP contribution >= 0.6 is 11.3 Å². The van der Waals surface area contributed by atoms with Gasteiger partial charge < -0.3 is 0 Å². The van der Waals surface area contributed by atoms with Gasteiger partial charge in [-0.05, 0) is 29.3 Å². The first-order chi connectivity index (χ1) is 15.4. The minimum Gasteiger partial charge on any atom is -0.237 e. The van der Waals surface area contributed by atoms with Crippen LogP contribution in [-0.4, -0.2) is 9.97 Å². The first-order valence-corrected chi connectivity index (χ1v) is 11.1. The quantitative estimate of drug-likeness (QED) is 0.295. The lowest BCUT2D eigenvalue weighted by molar-refractivity contribution is 1.18. The van der Waals surface area contributed by atoms with Crippen LogP contribution in [0.15, 0.2) is 109 Å². The van der Waals surface area contributed by atoms with Gasteiger partial charge in [0.25, 0.3) is 0 Å². The van der Waals surface area contributed by atoms with Gasteiger partial charge in [0.05, 0.1) is 5.69 Å². The molecule has 0 saturated carbocycles. The molecule has 0 aliphatic rings. The standard InChI is InChI=1S/C28H18N2S/c1-2-7-19(8-3-1)20-13-15-21(16-14-20)24-17-18-29-28(30-24)23-10-6-12-26-27(23)22-9-4-5-11-25(22)31-26/h1-18H. The van der Waals surface area contributed by atoms with Crippen molar-refractivity contribution in [3.05, 3.63) is 109 Å². The van der Waals surface area contributed by atoms with Crippen LogP contribution in [0.2, 0.25) is 0 Å². The number of aromatic nitrogens is 2. The second kappa shape index (κ2) is 7.46. The van der Waals surface area contributed by atoms with Gasteiger partial charge in [-0.2, -0.15) is 0 Å². The second-order valence-corrected chi connectivity index (χ2v) is 8.57. The van der Waals surface area contributed by atoms with E-state index in [1.54, 1.807) is 0 Å². The lowest BCUT2D eigenvalue weighted by atomic mass is 10.0. The summed E-state index contributed by atoms with van der Waals surface area (Å²) in [4.78, 5) is 9.58. The van der Waals surface area contributed by atoms with E-state index in [4.69, 9.17) is 4.98 Å². The molecule has 2 aromatic heterocycles. The van der Waals surface area contributed by atoms with Gasteiger partial charge in [0, 0.05) is 37.5 Å². The molecule has 4 aromatic carbocycles. The van der Waals surface area contributed by atoms with Gasteiger partial charge in [0.2, 0.25) is 0 Å². The summed E-state index contributed by atoms with van der Waals surface area (Å²) in [6.07, 6.45) is 1.86. The number of thiophene rings is 1. The fourth-order valence-electron chi connectivity index (χ4n) is 4.07. The summed E-state index contributed by atoms with van der Waals surface area (Å²) in [7, 11) is 0. The van der Waals surface area contributed by atoms with Crippen LogP contribution in [0.4, 0.5) is 0 Å². The van der Waals surface area contributed by atoms with Crippen molar-refractivity contribution in [1.82, 2.24) is 9.97 Å². The Bertz CT molecular complexity index is 1520. The van der Waals surface area contributed by atoms with Crippen molar-refractivity contribution in [1.29, 1.82) is 0 Å². The van der Waals surface area contributed by atoms with Crippen LogP contribution in [0.1, 0.15) is 0 Å². The highest BCUT2D eigenvalue weighted by atomic mass is 32.1. The van der Waals surface area contributed by atoms with E-state index >= 15 is 0 Å². The monoisotopic (exact) mass is 414 g/mol. The van der Waals surface area contributed by atoms with Gasteiger partial charge in [0.15, 0.2) is 5.82 Å². The molecular weight excluding hydrogens is 396 g/mol. The lowest BCUT2D eigenvalue weighted by Gasteiger charge is -2.07. The molecule has 0 aliphatic heterocycles. The maximum Gasteiger partial charge on any atom is 0.160 e. The average Bonchev–Trinajstić information content (AvgIpc) is 3.24. The summed E-state index contributed by atoms with van der Waals surface area (Å²) in [5, 5.41) is 2.50. The number of hydrogen-bond acceptors (Lipinski definition) is 3. The van der Waals surface area contributed by atoms with Gasteiger partial charge >= 0.3 is 0 Å². The number of fused-ring (bicyclic) bond motifs is 3. The Morgan fingerprint density at radius 3 is 2.13 bits per heavy atom. The fourth-order valence-corrected chi connectivity index (χ4v) is 5.21. The number of hydrogen-bond donors (Lipinski definition) is 0. The van der Waals surface area contributed by atoms with E-state index in [2.05, 4.69) is 96.0 Å². The third-order valence-electron chi connectivity index (χ3n) is 5.59. The molecular formula is C28H18N2S. The minimum atomic E-state index is 0.763. The molecule has 0 aliphatic carbocycles. The smallest absolute Gasteiger partial charge is 0.160 e. The summed E-state index contributed by atoms with van der Waals surface area (Å²) in [5.41, 5.74) is 5.52. The summed E-state index contributed by atoms with van der Waals surface area (Å²) < 4.78 is 2.55. The van der Waals surface area contributed by atoms with E-state index in [-0.39, 0.29) is 0 Å². The van der Waals surface area contributed by atoms with Crippen LogP contribution < -0.4 is 0 Å². The first kappa shape index (κ1) is 18.0. The highest BCUT2D eigenvalue weighted by Gasteiger charge is 2.13. The molecule has 2 nitrogen and oxygen atoms in total. The molecule has 3 heteroatoms. The van der Waals surface area contributed by atoms with Crippen molar-refractivity contribution in [2.45, 2.75) is 0 Å². The lowest BCUT2D eigenvalue weighted by Crippen LogP contribution is -1.92. The Labute approximate surface area is 184 Å². The molecule has 0 radical (unpaired) electrons. The number of rotatable bonds is 3. The van der Waals surface area contributed by atoms with Gasteiger partial charge in [-0.3, -0.25) is 0 Å². The highest BCUT2D eigenvalue weighted by Crippen LogP contribution is 2.39. The highest BCUT2D eigenvalue weighted by molar-refractivity contribution is 7.25. The normalized spacial score (nSPS) is 11.2. The number of benzene rings is 4. The zero-order valence-electron chi connectivity index (χ0n) is 16.7. The van der Waals surface area contributed by atoms with E-state index in [9.17, 15) is 0 Å². The molecule has 0 atom stereocenters. The van der Waals surface area contributed by atoms with E-state index < -0.39 is 0 Å². The van der Waals surface area contributed by atoms with Crippen molar-refractivity contribution >= 4 is 31.5 Å². The summed E-state index contributed by atoms with van der Waals surface area (Å²) in [5.74, 6) is 0.763. The third kappa shape index (κ3) is 3.20. The molecule has 2 heterocycles.